The van der Waals surface area contributed by atoms with Gasteiger partial charge in [0.1, 0.15) is 0 Å². The number of benzene rings is 1. The van der Waals surface area contributed by atoms with E-state index in [-0.39, 0.29) is 0 Å². The van der Waals surface area contributed by atoms with E-state index < -0.39 is 0 Å². The topological polar surface area (TPSA) is 24.9 Å². The van der Waals surface area contributed by atoms with Crippen LogP contribution in [0, 0.1) is 0 Å². The van der Waals surface area contributed by atoms with Crippen molar-refractivity contribution >= 4 is 11.6 Å². The molecule has 0 bridgehead atoms. The summed E-state index contributed by atoms with van der Waals surface area (Å²) in [5.41, 5.74) is 2.33. The second-order valence-corrected chi connectivity index (χ2v) is 4.74. The zero-order valence-corrected chi connectivity index (χ0v) is 11.2. The fourth-order valence-electron chi connectivity index (χ4n) is 1.86. The third-order valence-electron chi connectivity index (χ3n) is 2.91. The number of pyridine rings is 1. The molecule has 2 nitrogen and oxygen atoms in total. The van der Waals surface area contributed by atoms with Crippen molar-refractivity contribution in [1.82, 2.24) is 10.3 Å². The molecule has 0 radical (unpaired) electrons. The van der Waals surface area contributed by atoms with Gasteiger partial charge in [-0.3, -0.25) is 4.98 Å². The molecule has 2 aromatic rings. The van der Waals surface area contributed by atoms with Gasteiger partial charge in [-0.05, 0) is 36.8 Å². The summed E-state index contributed by atoms with van der Waals surface area (Å²) >= 11 is 5.98. The SMILES string of the molecule is C[C@@H](NCCc1ccccn1)c1cccc(Cl)c1. The largest absolute Gasteiger partial charge is 0.310 e. The van der Waals surface area contributed by atoms with E-state index in [0.29, 0.717) is 6.04 Å². The van der Waals surface area contributed by atoms with Gasteiger partial charge in [0.05, 0.1) is 0 Å². The number of nitrogens with one attached hydrogen (secondary N) is 1. The van der Waals surface area contributed by atoms with E-state index in [9.17, 15) is 0 Å². The van der Waals surface area contributed by atoms with Crippen molar-refractivity contribution in [3.63, 3.8) is 0 Å². The fraction of sp³-hybridized carbons (Fsp3) is 0.267. The van der Waals surface area contributed by atoms with Crippen LogP contribution in [0.3, 0.4) is 0 Å². The lowest BCUT2D eigenvalue weighted by Gasteiger charge is -2.14. The Morgan fingerprint density at radius 1 is 1.22 bits per heavy atom. The normalized spacial score (nSPS) is 12.3. The first-order valence-electron chi connectivity index (χ1n) is 6.14. The second-order valence-electron chi connectivity index (χ2n) is 4.30. The van der Waals surface area contributed by atoms with Crippen LogP contribution in [-0.4, -0.2) is 11.5 Å². The summed E-state index contributed by atoms with van der Waals surface area (Å²) in [6.07, 6.45) is 2.77. The number of rotatable bonds is 5. The molecule has 1 heterocycles. The Morgan fingerprint density at radius 2 is 2.11 bits per heavy atom. The van der Waals surface area contributed by atoms with Crippen LogP contribution in [0.1, 0.15) is 24.2 Å². The van der Waals surface area contributed by atoms with E-state index in [0.717, 1.165) is 23.7 Å². The maximum atomic E-state index is 5.98. The molecule has 94 valence electrons. The van der Waals surface area contributed by atoms with E-state index in [2.05, 4.69) is 23.3 Å². The average Bonchev–Trinajstić information content (AvgIpc) is 2.40. The Labute approximate surface area is 113 Å². The van der Waals surface area contributed by atoms with E-state index >= 15 is 0 Å². The van der Waals surface area contributed by atoms with Crippen LogP contribution in [-0.2, 0) is 6.42 Å². The van der Waals surface area contributed by atoms with E-state index in [1.165, 1.54) is 5.56 Å². The Bertz CT molecular complexity index is 485. The third kappa shape index (κ3) is 3.83. The van der Waals surface area contributed by atoms with Gasteiger partial charge in [0, 0.05) is 35.9 Å². The van der Waals surface area contributed by atoms with Crippen LogP contribution in [0.4, 0.5) is 0 Å². The summed E-state index contributed by atoms with van der Waals surface area (Å²) in [6, 6.07) is 14.3. The Kier molecular flexibility index (Phi) is 4.73. The summed E-state index contributed by atoms with van der Waals surface area (Å²) in [7, 11) is 0. The first-order chi connectivity index (χ1) is 8.75. The van der Waals surface area contributed by atoms with Gasteiger partial charge in [-0.15, -0.1) is 0 Å². The minimum atomic E-state index is 0.299. The highest BCUT2D eigenvalue weighted by Gasteiger charge is 2.04. The summed E-state index contributed by atoms with van der Waals surface area (Å²) in [5.74, 6) is 0. The first kappa shape index (κ1) is 13.1. The molecule has 0 spiro atoms. The molecule has 1 atom stereocenters. The van der Waals surface area contributed by atoms with Crippen LogP contribution in [0.5, 0.6) is 0 Å². The van der Waals surface area contributed by atoms with Crippen LogP contribution in [0.15, 0.2) is 48.7 Å². The molecule has 0 saturated heterocycles. The molecular formula is C15H17ClN2. The predicted molar refractivity (Wildman–Crippen MR) is 75.8 cm³/mol. The molecule has 0 amide bonds. The van der Waals surface area contributed by atoms with Crippen molar-refractivity contribution in [3.05, 3.63) is 64.9 Å². The van der Waals surface area contributed by atoms with Crippen LogP contribution >= 0.6 is 11.6 Å². The number of hydrogen-bond acceptors (Lipinski definition) is 2. The highest BCUT2D eigenvalue weighted by molar-refractivity contribution is 6.30. The summed E-state index contributed by atoms with van der Waals surface area (Å²) in [4.78, 5) is 4.30. The smallest absolute Gasteiger partial charge is 0.0416 e. The standard InChI is InChI=1S/C15H17ClN2/c1-12(13-5-4-6-14(16)11-13)17-10-8-15-7-2-3-9-18-15/h2-7,9,11-12,17H,8,10H2,1H3/t12-/m1/s1. The molecule has 0 fully saturated rings. The Balaban J connectivity index is 1.83. The van der Waals surface area contributed by atoms with E-state index in [1.54, 1.807) is 0 Å². The minimum absolute atomic E-state index is 0.299. The monoisotopic (exact) mass is 260 g/mol. The van der Waals surface area contributed by atoms with Gasteiger partial charge in [0.2, 0.25) is 0 Å². The molecule has 1 aromatic heterocycles. The van der Waals surface area contributed by atoms with E-state index in [4.69, 9.17) is 11.6 Å². The highest BCUT2D eigenvalue weighted by Crippen LogP contribution is 2.17. The Morgan fingerprint density at radius 3 is 2.83 bits per heavy atom. The molecular weight excluding hydrogens is 244 g/mol. The highest BCUT2D eigenvalue weighted by atomic mass is 35.5. The lowest BCUT2D eigenvalue weighted by molar-refractivity contribution is 0.574. The molecule has 18 heavy (non-hydrogen) atoms. The number of nitrogens with zero attached hydrogens (tertiary/aromatic N) is 1. The van der Waals surface area contributed by atoms with Crippen molar-refractivity contribution in [2.24, 2.45) is 0 Å². The molecule has 3 heteroatoms. The maximum Gasteiger partial charge on any atom is 0.0416 e. The molecule has 0 unspecified atom stereocenters. The number of hydrogen-bond donors (Lipinski definition) is 1. The quantitative estimate of drug-likeness (QED) is 0.888. The van der Waals surface area contributed by atoms with Crippen molar-refractivity contribution < 1.29 is 0 Å². The molecule has 1 aromatic carbocycles. The Hall–Kier alpha value is -1.38. The van der Waals surface area contributed by atoms with Crippen molar-refractivity contribution in [1.29, 1.82) is 0 Å². The maximum absolute atomic E-state index is 5.98. The molecule has 0 aliphatic heterocycles. The van der Waals surface area contributed by atoms with Crippen molar-refractivity contribution in [3.8, 4) is 0 Å². The van der Waals surface area contributed by atoms with Crippen molar-refractivity contribution in [2.45, 2.75) is 19.4 Å². The predicted octanol–water partition coefficient (Wildman–Crippen LogP) is 3.63. The van der Waals surface area contributed by atoms with Gasteiger partial charge in [0.15, 0.2) is 0 Å². The number of halogens is 1. The lowest BCUT2D eigenvalue weighted by Crippen LogP contribution is -2.21. The fourth-order valence-corrected chi connectivity index (χ4v) is 2.06. The van der Waals surface area contributed by atoms with Crippen molar-refractivity contribution in [2.75, 3.05) is 6.54 Å². The van der Waals surface area contributed by atoms with Crippen LogP contribution in [0.25, 0.3) is 0 Å². The molecule has 0 saturated carbocycles. The zero-order chi connectivity index (χ0) is 12.8. The van der Waals surface area contributed by atoms with Gasteiger partial charge in [-0.2, -0.15) is 0 Å². The zero-order valence-electron chi connectivity index (χ0n) is 10.4. The minimum Gasteiger partial charge on any atom is -0.310 e. The summed E-state index contributed by atoms with van der Waals surface area (Å²) in [5, 5.41) is 4.26. The summed E-state index contributed by atoms with van der Waals surface area (Å²) < 4.78 is 0. The van der Waals surface area contributed by atoms with Crippen LogP contribution in [0.2, 0.25) is 5.02 Å². The van der Waals surface area contributed by atoms with E-state index in [1.807, 2.05) is 42.6 Å². The van der Waals surface area contributed by atoms with Gasteiger partial charge in [-0.25, -0.2) is 0 Å². The average molecular weight is 261 g/mol. The van der Waals surface area contributed by atoms with Crippen LogP contribution < -0.4 is 5.32 Å². The number of aromatic nitrogens is 1. The van der Waals surface area contributed by atoms with Gasteiger partial charge in [0.25, 0.3) is 0 Å². The molecule has 2 rings (SSSR count). The molecule has 0 aliphatic rings. The third-order valence-corrected chi connectivity index (χ3v) is 3.14. The van der Waals surface area contributed by atoms with Gasteiger partial charge >= 0.3 is 0 Å². The molecule has 1 N–H and O–H groups in total. The van der Waals surface area contributed by atoms with Gasteiger partial charge in [-0.1, -0.05) is 29.8 Å². The molecule has 0 aliphatic carbocycles. The summed E-state index contributed by atoms with van der Waals surface area (Å²) in [6.45, 7) is 3.05. The second kappa shape index (κ2) is 6.53. The lowest BCUT2D eigenvalue weighted by atomic mass is 10.1. The van der Waals surface area contributed by atoms with Gasteiger partial charge < -0.3 is 5.32 Å². The first-order valence-corrected chi connectivity index (χ1v) is 6.52.